The lowest BCUT2D eigenvalue weighted by Gasteiger charge is -2.16. The standard InChI is InChI=1S/C16H22ClFN2O2Si/c1-23(2,3)8-7-22-11-20-14(9-15(17)19-20)16-12(10-21)5-4-6-13(16)18/h4-6,9,21H,7-8,10-11H2,1-3H3. The number of hydrogen-bond donors (Lipinski definition) is 1. The highest BCUT2D eigenvalue weighted by molar-refractivity contribution is 6.76. The SMILES string of the molecule is C[Si](C)(C)CCOCn1nc(Cl)cc1-c1c(F)cccc1CO. The van der Waals surface area contributed by atoms with Crippen LogP contribution >= 0.6 is 11.6 Å². The van der Waals surface area contributed by atoms with E-state index in [4.69, 9.17) is 16.3 Å². The molecule has 1 N–H and O–H groups in total. The van der Waals surface area contributed by atoms with Gasteiger partial charge in [-0.05, 0) is 17.7 Å². The van der Waals surface area contributed by atoms with Crippen molar-refractivity contribution in [3.63, 3.8) is 0 Å². The van der Waals surface area contributed by atoms with Crippen LogP contribution in [0.3, 0.4) is 0 Å². The molecule has 0 aliphatic rings. The van der Waals surface area contributed by atoms with Crippen molar-refractivity contribution in [3.05, 3.63) is 40.8 Å². The van der Waals surface area contributed by atoms with Gasteiger partial charge in [-0.25, -0.2) is 9.07 Å². The lowest BCUT2D eigenvalue weighted by Crippen LogP contribution is -2.22. The van der Waals surface area contributed by atoms with Crippen molar-refractivity contribution in [1.82, 2.24) is 9.78 Å². The number of benzene rings is 1. The largest absolute Gasteiger partial charge is 0.392 e. The van der Waals surface area contributed by atoms with Crippen LogP contribution in [0.4, 0.5) is 4.39 Å². The first-order valence-electron chi connectivity index (χ1n) is 7.51. The molecule has 0 aliphatic carbocycles. The summed E-state index contributed by atoms with van der Waals surface area (Å²) in [6.45, 7) is 7.41. The molecule has 0 aliphatic heterocycles. The number of aliphatic hydroxyl groups excluding tert-OH is 1. The molecule has 0 fully saturated rings. The van der Waals surface area contributed by atoms with Gasteiger partial charge in [-0.2, -0.15) is 5.10 Å². The number of aromatic nitrogens is 2. The van der Waals surface area contributed by atoms with Crippen molar-refractivity contribution in [2.45, 2.75) is 39.0 Å². The van der Waals surface area contributed by atoms with Crippen LogP contribution in [0.1, 0.15) is 5.56 Å². The predicted molar refractivity (Wildman–Crippen MR) is 92.7 cm³/mol. The minimum Gasteiger partial charge on any atom is -0.392 e. The molecular weight excluding hydrogens is 335 g/mol. The number of aliphatic hydroxyl groups is 1. The second-order valence-corrected chi connectivity index (χ2v) is 12.6. The second kappa shape index (κ2) is 7.57. The van der Waals surface area contributed by atoms with Crippen molar-refractivity contribution < 1.29 is 14.2 Å². The van der Waals surface area contributed by atoms with E-state index in [0.29, 0.717) is 23.4 Å². The molecule has 2 aromatic rings. The van der Waals surface area contributed by atoms with Gasteiger partial charge in [0.15, 0.2) is 5.15 Å². The molecule has 1 aromatic carbocycles. The van der Waals surface area contributed by atoms with Crippen molar-refractivity contribution in [1.29, 1.82) is 0 Å². The first-order chi connectivity index (χ1) is 10.8. The highest BCUT2D eigenvalue weighted by atomic mass is 35.5. The zero-order valence-electron chi connectivity index (χ0n) is 13.6. The summed E-state index contributed by atoms with van der Waals surface area (Å²) in [6.07, 6.45) is 0. The quantitative estimate of drug-likeness (QED) is 0.599. The van der Waals surface area contributed by atoms with Gasteiger partial charge in [0.25, 0.3) is 0 Å². The Bertz CT molecular complexity index is 671. The maximum Gasteiger partial charge on any atom is 0.151 e. The van der Waals surface area contributed by atoms with Crippen LogP contribution in [0, 0.1) is 5.82 Å². The predicted octanol–water partition coefficient (Wildman–Crippen LogP) is 4.15. The average molecular weight is 357 g/mol. The molecular formula is C16H22ClFN2O2Si. The van der Waals surface area contributed by atoms with E-state index >= 15 is 0 Å². The Morgan fingerprint density at radius 1 is 1.35 bits per heavy atom. The number of nitrogens with zero attached hydrogens (tertiary/aromatic N) is 2. The molecule has 7 heteroatoms. The maximum atomic E-state index is 14.2. The molecule has 0 saturated carbocycles. The van der Waals surface area contributed by atoms with Crippen LogP contribution in [0.5, 0.6) is 0 Å². The van der Waals surface area contributed by atoms with Gasteiger partial charge in [-0.1, -0.05) is 43.4 Å². The normalized spacial score (nSPS) is 11.9. The molecule has 23 heavy (non-hydrogen) atoms. The first-order valence-corrected chi connectivity index (χ1v) is 11.6. The van der Waals surface area contributed by atoms with E-state index in [1.165, 1.54) is 10.7 Å². The van der Waals surface area contributed by atoms with E-state index in [2.05, 4.69) is 24.7 Å². The van der Waals surface area contributed by atoms with Crippen molar-refractivity contribution in [2.24, 2.45) is 0 Å². The second-order valence-electron chi connectivity index (χ2n) is 6.63. The molecule has 1 aromatic heterocycles. The smallest absolute Gasteiger partial charge is 0.151 e. The maximum absolute atomic E-state index is 14.2. The van der Waals surface area contributed by atoms with Crippen LogP contribution < -0.4 is 0 Å². The van der Waals surface area contributed by atoms with Gasteiger partial charge in [0.1, 0.15) is 12.5 Å². The molecule has 1 heterocycles. The Labute approximate surface area is 141 Å². The van der Waals surface area contributed by atoms with Crippen LogP contribution in [0.15, 0.2) is 24.3 Å². The summed E-state index contributed by atoms with van der Waals surface area (Å²) in [5.41, 5.74) is 1.30. The summed E-state index contributed by atoms with van der Waals surface area (Å²) in [4.78, 5) is 0. The van der Waals surface area contributed by atoms with Gasteiger partial charge in [0.05, 0.1) is 12.3 Å². The zero-order chi connectivity index (χ0) is 17.0. The molecule has 2 rings (SSSR count). The van der Waals surface area contributed by atoms with Crippen LogP contribution in [0.2, 0.25) is 30.8 Å². The Morgan fingerprint density at radius 3 is 2.74 bits per heavy atom. The topological polar surface area (TPSA) is 47.3 Å². The molecule has 0 amide bonds. The van der Waals surface area contributed by atoms with E-state index in [1.54, 1.807) is 18.2 Å². The number of halogens is 2. The van der Waals surface area contributed by atoms with E-state index < -0.39 is 13.9 Å². The minimum atomic E-state index is -1.17. The fourth-order valence-electron chi connectivity index (χ4n) is 2.20. The number of rotatable bonds is 7. The number of hydrogen-bond acceptors (Lipinski definition) is 3. The third kappa shape index (κ3) is 4.88. The third-order valence-corrected chi connectivity index (χ3v) is 5.38. The van der Waals surface area contributed by atoms with Crippen LogP contribution in [-0.2, 0) is 18.1 Å². The molecule has 0 radical (unpaired) electrons. The molecule has 4 nitrogen and oxygen atoms in total. The highest BCUT2D eigenvalue weighted by Crippen LogP contribution is 2.29. The molecule has 0 unspecified atom stereocenters. The lowest BCUT2D eigenvalue weighted by molar-refractivity contribution is 0.0797. The van der Waals surface area contributed by atoms with Gasteiger partial charge >= 0.3 is 0 Å². The monoisotopic (exact) mass is 356 g/mol. The Hall–Kier alpha value is -1.21. The van der Waals surface area contributed by atoms with Crippen molar-refractivity contribution in [2.75, 3.05) is 6.61 Å². The summed E-state index contributed by atoms with van der Waals surface area (Å²) in [5.74, 6) is -0.420. The van der Waals surface area contributed by atoms with Gasteiger partial charge < -0.3 is 9.84 Å². The van der Waals surface area contributed by atoms with E-state index in [9.17, 15) is 9.50 Å². The molecule has 126 valence electrons. The zero-order valence-corrected chi connectivity index (χ0v) is 15.4. The van der Waals surface area contributed by atoms with Gasteiger partial charge in [0.2, 0.25) is 0 Å². The van der Waals surface area contributed by atoms with Crippen LogP contribution in [0.25, 0.3) is 11.3 Å². The third-order valence-electron chi connectivity index (χ3n) is 3.49. The summed E-state index contributed by atoms with van der Waals surface area (Å²) in [7, 11) is -1.17. The average Bonchev–Trinajstić information content (AvgIpc) is 2.83. The summed E-state index contributed by atoms with van der Waals surface area (Å²) in [5, 5.41) is 13.9. The Kier molecular flexibility index (Phi) is 5.97. The van der Waals surface area contributed by atoms with E-state index in [-0.39, 0.29) is 18.5 Å². The fraction of sp³-hybridized carbons (Fsp3) is 0.438. The number of ether oxygens (including phenoxy) is 1. The van der Waals surface area contributed by atoms with Crippen molar-refractivity contribution in [3.8, 4) is 11.3 Å². The summed E-state index contributed by atoms with van der Waals surface area (Å²) >= 11 is 5.98. The van der Waals surface area contributed by atoms with E-state index in [0.717, 1.165) is 6.04 Å². The molecule has 0 bridgehead atoms. The minimum absolute atomic E-state index is 0.200. The highest BCUT2D eigenvalue weighted by Gasteiger charge is 2.17. The van der Waals surface area contributed by atoms with Crippen LogP contribution in [-0.4, -0.2) is 29.6 Å². The first kappa shape index (κ1) is 18.1. The Morgan fingerprint density at radius 2 is 2.09 bits per heavy atom. The summed E-state index contributed by atoms with van der Waals surface area (Å²) < 4.78 is 21.4. The molecule has 0 atom stereocenters. The van der Waals surface area contributed by atoms with Gasteiger partial charge in [-0.15, -0.1) is 0 Å². The molecule has 0 saturated heterocycles. The fourth-order valence-corrected chi connectivity index (χ4v) is 3.15. The van der Waals surface area contributed by atoms with Gasteiger partial charge in [0, 0.05) is 26.3 Å². The van der Waals surface area contributed by atoms with Gasteiger partial charge in [-0.3, -0.25) is 0 Å². The lowest BCUT2D eigenvalue weighted by atomic mass is 10.0. The van der Waals surface area contributed by atoms with E-state index in [1.807, 2.05) is 0 Å². The van der Waals surface area contributed by atoms with Crippen molar-refractivity contribution >= 4 is 19.7 Å². The Balaban J connectivity index is 2.22. The molecule has 0 spiro atoms. The summed E-state index contributed by atoms with van der Waals surface area (Å²) in [6, 6.07) is 7.22.